The van der Waals surface area contributed by atoms with Gasteiger partial charge in [-0.2, -0.15) is 0 Å². The van der Waals surface area contributed by atoms with Crippen LogP contribution in [-0.4, -0.2) is 17.7 Å². The fourth-order valence-corrected chi connectivity index (χ4v) is 2.71. The van der Waals surface area contributed by atoms with E-state index in [0.717, 1.165) is 10.0 Å². The van der Waals surface area contributed by atoms with Gasteiger partial charge in [-0.25, -0.2) is 0 Å². The van der Waals surface area contributed by atoms with Gasteiger partial charge in [-0.1, -0.05) is 54.8 Å². The van der Waals surface area contributed by atoms with Crippen LogP contribution in [-0.2, 0) is 0 Å². The smallest absolute Gasteiger partial charge is 0.0914 e. The topological polar surface area (TPSA) is 32.3 Å². The van der Waals surface area contributed by atoms with Crippen LogP contribution in [0.1, 0.15) is 45.3 Å². The first-order valence-corrected chi connectivity index (χ1v) is 7.54. The van der Waals surface area contributed by atoms with E-state index in [9.17, 15) is 5.11 Å². The average Bonchev–Trinajstić information content (AvgIpc) is 2.37. The summed E-state index contributed by atoms with van der Waals surface area (Å²) in [6, 6.07) is 8.29. The Balaban J connectivity index is 2.48. The van der Waals surface area contributed by atoms with Gasteiger partial charge in [0.1, 0.15) is 0 Å². The van der Waals surface area contributed by atoms with Gasteiger partial charge in [0.25, 0.3) is 0 Å². The molecule has 0 aliphatic rings. The lowest BCUT2D eigenvalue weighted by molar-refractivity contribution is 0.164. The molecule has 102 valence electrons. The summed E-state index contributed by atoms with van der Waals surface area (Å²) < 4.78 is 1.01. The zero-order valence-electron chi connectivity index (χ0n) is 11.5. The van der Waals surface area contributed by atoms with Gasteiger partial charge in [0.15, 0.2) is 0 Å². The summed E-state index contributed by atoms with van der Waals surface area (Å²) in [4.78, 5) is 0. The predicted molar refractivity (Wildman–Crippen MR) is 80.6 cm³/mol. The maximum atomic E-state index is 10.1. The molecule has 0 amide bonds. The number of hydrogen-bond donors (Lipinski definition) is 2. The van der Waals surface area contributed by atoms with Gasteiger partial charge in [-0.05, 0) is 30.5 Å². The van der Waals surface area contributed by atoms with Crippen LogP contribution in [0.15, 0.2) is 28.7 Å². The summed E-state index contributed by atoms with van der Waals surface area (Å²) in [5.41, 5.74) is 0.952. The second-order valence-corrected chi connectivity index (χ2v) is 5.76. The van der Waals surface area contributed by atoms with Gasteiger partial charge in [0.2, 0.25) is 0 Å². The van der Waals surface area contributed by atoms with Crippen LogP contribution in [0.25, 0.3) is 0 Å². The third kappa shape index (κ3) is 4.71. The number of aliphatic hydroxyl groups excluding tert-OH is 1. The Labute approximate surface area is 119 Å². The predicted octanol–water partition coefficient (Wildman–Crippen LogP) is 3.90. The molecule has 0 saturated carbocycles. The van der Waals surface area contributed by atoms with Crippen molar-refractivity contribution in [2.45, 2.75) is 45.8 Å². The van der Waals surface area contributed by atoms with Crippen molar-refractivity contribution in [3.05, 3.63) is 34.3 Å². The summed E-state index contributed by atoms with van der Waals surface area (Å²) in [5.74, 6) is 0.680. The molecule has 2 atom stereocenters. The molecule has 0 saturated heterocycles. The van der Waals surface area contributed by atoms with Gasteiger partial charge in [-0.15, -0.1) is 0 Å². The highest BCUT2D eigenvalue weighted by atomic mass is 79.9. The van der Waals surface area contributed by atoms with E-state index in [-0.39, 0.29) is 0 Å². The second-order valence-electron chi connectivity index (χ2n) is 4.84. The maximum absolute atomic E-state index is 10.1. The Morgan fingerprint density at radius 3 is 2.50 bits per heavy atom. The van der Waals surface area contributed by atoms with Crippen molar-refractivity contribution in [2.75, 3.05) is 6.54 Å². The van der Waals surface area contributed by atoms with E-state index in [1.54, 1.807) is 0 Å². The van der Waals surface area contributed by atoms with Crippen LogP contribution in [0.5, 0.6) is 0 Å². The van der Waals surface area contributed by atoms with Crippen molar-refractivity contribution in [2.24, 2.45) is 5.92 Å². The lowest BCUT2D eigenvalue weighted by atomic mass is 9.95. The molecule has 0 spiro atoms. The molecule has 3 heteroatoms. The standard InChI is InChI=1S/C15H24BrNO/c1-4-12(5-2)11(3)17-10-15(18)13-7-6-8-14(16)9-13/h6-9,11-12,15,17-18H,4-5,10H2,1-3H3. The molecule has 0 fully saturated rings. The highest BCUT2D eigenvalue weighted by Gasteiger charge is 2.15. The van der Waals surface area contributed by atoms with Gasteiger partial charge in [0, 0.05) is 17.1 Å². The summed E-state index contributed by atoms with van der Waals surface area (Å²) in [6.45, 7) is 7.24. The molecule has 18 heavy (non-hydrogen) atoms. The Morgan fingerprint density at radius 2 is 1.94 bits per heavy atom. The number of halogens is 1. The highest BCUT2D eigenvalue weighted by Crippen LogP contribution is 2.18. The third-order valence-electron chi connectivity index (χ3n) is 3.62. The zero-order chi connectivity index (χ0) is 13.5. The summed E-state index contributed by atoms with van der Waals surface area (Å²) in [6.07, 6.45) is 1.91. The molecule has 0 bridgehead atoms. The summed E-state index contributed by atoms with van der Waals surface area (Å²) in [7, 11) is 0. The molecule has 1 aromatic carbocycles. The molecule has 1 rings (SSSR count). The number of aliphatic hydroxyl groups is 1. The van der Waals surface area contributed by atoms with E-state index in [2.05, 4.69) is 42.0 Å². The second kappa shape index (κ2) is 7.93. The molecule has 1 aromatic rings. The first-order valence-electron chi connectivity index (χ1n) is 6.75. The molecule has 2 nitrogen and oxygen atoms in total. The summed E-state index contributed by atoms with van der Waals surface area (Å²) >= 11 is 3.42. The number of rotatable bonds is 7. The Morgan fingerprint density at radius 1 is 1.28 bits per heavy atom. The van der Waals surface area contributed by atoms with Gasteiger partial charge < -0.3 is 10.4 Å². The van der Waals surface area contributed by atoms with Crippen LogP contribution in [0.2, 0.25) is 0 Å². The zero-order valence-corrected chi connectivity index (χ0v) is 13.1. The highest BCUT2D eigenvalue weighted by molar-refractivity contribution is 9.10. The number of benzene rings is 1. The molecule has 0 heterocycles. The van der Waals surface area contributed by atoms with Crippen LogP contribution < -0.4 is 5.32 Å². The monoisotopic (exact) mass is 313 g/mol. The Kier molecular flexibility index (Phi) is 6.90. The van der Waals surface area contributed by atoms with Crippen LogP contribution in [0, 0.1) is 5.92 Å². The summed E-state index contributed by atoms with van der Waals surface area (Å²) in [5, 5.41) is 13.6. The first kappa shape index (κ1) is 15.7. The van der Waals surface area contributed by atoms with Crippen LogP contribution in [0.3, 0.4) is 0 Å². The van der Waals surface area contributed by atoms with Crippen LogP contribution >= 0.6 is 15.9 Å². The van der Waals surface area contributed by atoms with Crippen molar-refractivity contribution in [1.82, 2.24) is 5.32 Å². The SMILES string of the molecule is CCC(CC)C(C)NCC(O)c1cccc(Br)c1. The van der Waals surface area contributed by atoms with Crippen molar-refractivity contribution < 1.29 is 5.11 Å². The van der Waals surface area contributed by atoms with Gasteiger partial charge >= 0.3 is 0 Å². The fourth-order valence-electron chi connectivity index (χ4n) is 2.29. The largest absolute Gasteiger partial charge is 0.387 e. The number of nitrogens with one attached hydrogen (secondary N) is 1. The maximum Gasteiger partial charge on any atom is 0.0914 e. The normalized spacial score (nSPS) is 14.8. The van der Waals surface area contributed by atoms with Gasteiger partial charge in [0.05, 0.1) is 6.10 Å². The van der Waals surface area contributed by atoms with E-state index in [1.165, 1.54) is 12.8 Å². The minimum absolute atomic E-state index is 0.445. The number of hydrogen-bond acceptors (Lipinski definition) is 2. The first-order chi connectivity index (χ1) is 8.58. The van der Waals surface area contributed by atoms with Crippen molar-refractivity contribution in [3.8, 4) is 0 Å². The van der Waals surface area contributed by atoms with E-state index in [1.807, 2.05) is 24.3 Å². The average molecular weight is 314 g/mol. The molecule has 0 aromatic heterocycles. The van der Waals surface area contributed by atoms with Crippen LogP contribution in [0.4, 0.5) is 0 Å². The molecule has 2 N–H and O–H groups in total. The molecule has 2 unspecified atom stereocenters. The Hall–Kier alpha value is -0.380. The van der Waals surface area contributed by atoms with Crippen molar-refractivity contribution >= 4 is 15.9 Å². The van der Waals surface area contributed by atoms with E-state index >= 15 is 0 Å². The molecule has 0 aliphatic carbocycles. The van der Waals surface area contributed by atoms with E-state index < -0.39 is 6.10 Å². The van der Waals surface area contributed by atoms with Gasteiger partial charge in [-0.3, -0.25) is 0 Å². The molecular weight excluding hydrogens is 290 g/mol. The van der Waals surface area contributed by atoms with E-state index in [4.69, 9.17) is 0 Å². The lowest BCUT2D eigenvalue weighted by Gasteiger charge is -2.24. The lowest BCUT2D eigenvalue weighted by Crippen LogP contribution is -2.35. The minimum Gasteiger partial charge on any atom is -0.387 e. The van der Waals surface area contributed by atoms with Crippen molar-refractivity contribution in [3.63, 3.8) is 0 Å². The molecular formula is C15H24BrNO. The minimum atomic E-state index is -0.445. The molecule has 0 radical (unpaired) electrons. The molecule has 0 aliphatic heterocycles. The van der Waals surface area contributed by atoms with E-state index in [0.29, 0.717) is 18.5 Å². The fraction of sp³-hybridized carbons (Fsp3) is 0.600. The van der Waals surface area contributed by atoms with Crippen molar-refractivity contribution in [1.29, 1.82) is 0 Å². The Bertz CT molecular complexity index is 352. The quantitative estimate of drug-likeness (QED) is 0.800. The third-order valence-corrected chi connectivity index (χ3v) is 4.12.